The number of halogens is 1. The summed E-state index contributed by atoms with van der Waals surface area (Å²) in [6.45, 7) is 2.43. The number of hydrogen-bond acceptors (Lipinski definition) is 3. The Morgan fingerprint density at radius 3 is 2.48 bits per heavy atom. The van der Waals surface area contributed by atoms with Crippen LogP contribution in [-0.4, -0.2) is 25.5 Å². The first kappa shape index (κ1) is 19.2. The van der Waals surface area contributed by atoms with E-state index >= 15 is 0 Å². The molecule has 0 saturated heterocycles. The van der Waals surface area contributed by atoms with Crippen LogP contribution >= 0.6 is 11.6 Å². The molecule has 2 aromatic rings. The van der Waals surface area contributed by atoms with Crippen molar-refractivity contribution in [3.8, 4) is 5.75 Å². The summed E-state index contributed by atoms with van der Waals surface area (Å²) >= 11 is 5.93. The van der Waals surface area contributed by atoms with Crippen LogP contribution in [0.1, 0.15) is 17.5 Å². The first-order valence-electron chi connectivity index (χ1n) is 8.95. The number of anilines is 1. The number of methoxy groups -OCH3 is 1. The van der Waals surface area contributed by atoms with Gasteiger partial charge in [-0.25, -0.2) is 0 Å². The molecule has 0 aliphatic heterocycles. The monoisotopic (exact) mass is 386 g/mol. The van der Waals surface area contributed by atoms with Crippen molar-refractivity contribution in [1.82, 2.24) is 5.32 Å². The quantitative estimate of drug-likeness (QED) is 0.764. The molecule has 27 heavy (non-hydrogen) atoms. The summed E-state index contributed by atoms with van der Waals surface area (Å²) in [6, 6.07) is 13.1. The molecule has 1 aliphatic carbocycles. The van der Waals surface area contributed by atoms with Gasteiger partial charge < -0.3 is 15.4 Å². The minimum absolute atomic E-state index is 0.0588. The summed E-state index contributed by atoms with van der Waals surface area (Å²) in [6.07, 6.45) is 1.33. The number of amides is 2. The van der Waals surface area contributed by atoms with Gasteiger partial charge in [-0.1, -0.05) is 23.7 Å². The average molecular weight is 387 g/mol. The van der Waals surface area contributed by atoms with Crippen LogP contribution in [0, 0.1) is 18.8 Å². The maximum absolute atomic E-state index is 12.3. The second-order valence-electron chi connectivity index (χ2n) is 6.79. The van der Waals surface area contributed by atoms with Crippen LogP contribution in [0.5, 0.6) is 5.75 Å². The van der Waals surface area contributed by atoms with E-state index in [1.807, 2.05) is 31.2 Å². The molecule has 2 atom stereocenters. The van der Waals surface area contributed by atoms with E-state index in [2.05, 4.69) is 10.6 Å². The predicted octanol–water partition coefficient (Wildman–Crippen LogP) is 3.59. The largest absolute Gasteiger partial charge is 0.497 e. The van der Waals surface area contributed by atoms with Gasteiger partial charge in [0.1, 0.15) is 5.75 Å². The van der Waals surface area contributed by atoms with Gasteiger partial charge in [0.2, 0.25) is 11.8 Å². The zero-order valence-electron chi connectivity index (χ0n) is 15.4. The third-order valence-electron chi connectivity index (χ3n) is 4.78. The number of benzene rings is 2. The molecule has 1 aliphatic rings. The van der Waals surface area contributed by atoms with Crippen LogP contribution in [-0.2, 0) is 16.0 Å². The van der Waals surface area contributed by atoms with E-state index in [4.69, 9.17) is 16.3 Å². The smallest absolute Gasteiger partial charge is 0.228 e. The Kier molecular flexibility index (Phi) is 6.01. The molecule has 0 bridgehead atoms. The van der Waals surface area contributed by atoms with E-state index in [0.29, 0.717) is 18.0 Å². The van der Waals surface area contributed by atoms with Gasteiger partial charge in [0.15, 0.2) is 0 Å². The number of carbonyl (C=O) groups is 2. The summed E-state index contributed by atoms with van der Waals surface area (Å²) in [4.78, 5) is 24.6. The normalized spacial score (nSPS) is 17.9. The molecular weight excluding hydrogens is 364 g/mol. The maximum atomic E-state index is 12.3. The maximum Gasteiger partial charge on any atom is 0.228 e. The third-order valence-corrected chi connectivity index (χ3v) is 5.02. The molecule has 2 unspecified atom stereocenters. The molecular formula is C21H23ClN2O3. The first-order valence-corrected chi connectivity index (χ1v) is 9.33. The first-order chi connectivity index (χ1) is 13.0. The Morgan fingerprint density at radius 1 is 1.11 bits per heavy atom. The summed E-state index contributed by atoms with van der Waals surface area (Å²) in [5.74, 6) is 0.132. The molecule has 2 amide bonds. The Morgan fingerprint density at radius 2 is 1.81 bits per heavy atom. The molecule has 3 rings (SSSR count). The lowest BCUT2D eigenvalue weighted by atomic mass is 10.1. The van der Waals surface area contributed by atoms with Gasteiger partial charge in [-0.3, -0.25) is 9.59 Å². The predicted molar refractivity (Wildman–Crippen MR) is 106 cm³/mol. The Bertz CT molecular complexity index is 836. The fourth-order valence-electron chi connectivity index (χ4n) is 3.02. The fraction of sp³-hybridized carbons (Fsp3) is 0.333. The Labute approximate surface area is 164 Å². The van der Waals surface area contributed by atoms with E-state index in [1.54, 1.807) is 25.3 Å². The summed E-state index contributed by atoms with van der Waals surface area (Å²) < 4.78 is 5.13. The van der Waals surface area contributed by atoms with Crippen molar-refractivity contribution >= 4 is 29.1 Å². The number of hydrogen-bond donors (Lipinski definition) is 2. The van der Waals surface area contributed by atoms with Crippen molar-refractivity contribution in [3.05, 3.63) is 58.6 Å². The molecule has 0 radical (unpaired) electrons. The highest BCUT2D eigenvalue weighted by Crippen LogP contribution is 2.39. The van der Waals surface area contributed by atoms with Crippen LogP contribution < -0.4 is 15.4 Å². The van der Waals surface area contributed by atoms with Crippen LogP contribution in [0.4, 0.5) is 5.69 Å². The van der Waals surface area contributed by atoms with Crippen molar-refractivity contribution in [2.75, 3.05) is 19.0 Å². The molecule has 0 spiro atoms. The van der Waals surface area contributed by atoms with Gasteiger partial charge in [-0.15, -0.1) is 0 Å². The summed E-state index contributed by atoms with van der Waals surface area (Å²) in [5, 5.41) is 6.44. The van der Waals surface area contributed by atoms with Crippen LogP contribution in [0.3, 0.4) is 0 Å². The lowest BCUT2D eigenvalue weighted by Gasteiger charge is -2.09. The van der Waals surface area contributed by atoms with Gasteiger partial charge in [-0.05, 0) is 61.2 Å². The lowest BCUT2D eigenvalue weighted by Crippen LogP contribution is -2.29. The van der Waals surface area contributed by atoms with Crippen molar-refractivity contribution in [3.63, 3.8) is 0 Å². The van der Waals surface area contributed by atoms with Gasteiger partial charge in [0.05, 0.1) is 18.9 Å². The molecule has 142 valence electrons. The number of nitrogens with one attached hydrogen (secondary N) is 2. The van der Waals surface area contributed by atoms with E-state index < -0.39 is 0 Å². The third kappa shape index (κ3) is 5.01. The number of aryl methyl sites for hydroxylation is 1. The molecule has 1 fully saturated rings. The molecule has 1 saturated carbocycles. The fourth-order valence-corrected chi connectivity index (χ4v) is 3.25. The number of ether oxygens (including phenoxy) is 1. The number of carbonyl (C=O) groups excluding carboxylic acids is 2. The Balaban J connectivity index is 1.43. The van der Waals surface area contributed by atoms with Gasteiger partial charge in [0, 0.05) is 17.3 Å². The second kappa shape index (κ2) is 8.44. The average Bonchev–Trinajstić information content (AvgIpc) is 3.45. The second-order valence-corrected chi connectivity index (χ2v) is 7.22. The standard InChI is InChI=1S/C21H23ClN2O3/c1-13-11-15(22)5-8-19(13)24-21(26)18-12-17(18)20(25)23-10-9-14-3-6-16(27-2)7-4-14/h3-8,11,17-18H,9-10,12H2,1-2H3,(H,23,25)(H,24,26). The highest BCUT2D eigenvalue weighted by atomic mass is 35.5. The van der Waals surface area contributed by atoms with Crippen molar-refractivity contribution in [2.45, 2.75) is 19.8 Å². The van der Waals surface area contributed by atoms with Crippen LogP contribution in [0.15, 0.2) is 42.5 Å². The topological polar surface area (TPSA) is 67.4 Å². The lowest BCUT2D eigenvalue weighted by molar-refractivity contribution is -0.125. The molecule has 2 aromatic carbocycles. The molecule has 0 heterocycles. The summed E-state index contributed by atoms with van der Waals surface area (Å²) in [7, 11) is 1.63. The van der Waals surface area contributed by atoms with Gasteiger partial charge in [-0.2, -0.15) is 0 Å². The zero-order valence-corrected chi connectivity index (χ0v) is 16.2. The molecule has 5 nitrogen and oxygen atoms in total. The van der Waals surface area contributed by atoms with E-state index in [0.717, 1.165) is 29.0 Å². The van der Waals surface area contributed by atoms with E-state index in [1.165, 1.54) is 0 Å². The highest BCUT2D eigenvalue weighted by Gasteiger charge is 2.47. The zero-order chi connectivity index (χ0) is 19.4. The van der Waals surface area contributed by atoms with Crippen LogP contribution in [0.2, 0.25) is 5.02 Å². The van der Waals surface area contributed by atoms with E-state index in [-0.39, 0.29) is 23.7 Å². The molecule has 6 heteroatoms. The highest BCUT2D eigenvalue weighted by molar-refractivity contribution is 6.30. The summed E-state index contributed by atoms with van der Waals surface area (Å²) in [5.41, 5.74) is 2.76. The Hall–Kier alpha value is -2.53. The van der Waals surface area contributed by atoms with Crippen molar-refractivity contribution in [2.24, 2.45) is 11.8 Å². The van der Waals surface area contributed by atoms with Crippen molar-refractivity contribution < 1.29 is 14.3 Å². The van der Waals surface area contributed by atoms with Crippen molar-refractivity contribution in [1.29, 1.82) is 0 Å². The molecule has 2 N–H and O–H groups in total. The minimum Gasteiger partial charge on any atom is -0.497 e. The van der Waals surface area contributed by atoms with Crippen LogP contribution in [0.25, 0.3) is 0 Å². The van der Waals surface area contributed by atoms with Gasteiger partial charge >= 0.3 is 0 Å². The van der Waals surface area contributed by atoms with E-state index in [9.17, 15) is 9.59 Å². The molecule has 0 aromatic heterocycles. The SMILES string of the molecule is COc1ccc(CCNC(=O)C2CC2C(=O)Nc2ccc(Cl)cc2C)cc1. The number of rotatable bonds is 7. The van der Waals surface area contributed by atoms with Gasteiger partial charge in [0.25, 0.3) is 0 Å². The minimum atomic E-state index is -0.263.